The molecular weight excluding hydrogens is 229 g/mol. The zero-order chi connectivity index (χ0) is 11.5. The maximum absolute atomic E-state index is 13.1. The van der Waals surface area contributed by atoms with Crippen molar-refractivity contribution in [2.45, 2.75) is 19.4 Å². The molecule has 2 unspecified atom stereocenters. The van der Waals surface area contributed by atoms with Crippen molar-refractivity contribution in [3.63, 3.8) is 0 Å². The molecule has 2 nitrogen and oxygen atoms in total. The van der Waals surface area contributed by atoms with Gasteiger partial charge in [-0.1, -0.05) is 11.6 Å². The van der Waals surface area contributed by atoms with Gasteiger partial charge in [0.15, 0.2) is 0 Å². The quantitative estimate of drug-likeness (QED) is 0.880. The fourth-order valence-corrected chi connectivity index (χ4v) is 2.09. The summed E-state index contributed by atoms with van der Waals surface area (Å²) >= 11 is 5.99. The molecule has 16 heavy (non-hydrogen) atoms. The minimum Gasteiger partial charge on any atom is -0.381 e. The Balaban J connectivity index is 2.04. The number of rotatable bonds is 3. The van der Waals surface area contributed by atoms with E-state index in [-0.39, 0.29) is 11.9 Å². The standard InChI is InChI=1S/C12H15ClFNO/c1-8(9-4-5-16-7-9)15-12-6-10(14)2-3-11(12)13/h2-3,6,8-9,15H,4-5,7H2,1H3. The van der Waals surface area contributed by atoms with Crippen molar-refractivity contribution in [1.29, 1.82) is 0 Å². The van der Waals surface area contributed by atoms with Crippen LogP contribution < -0.4 is 5.32 Å². The Kier molecular flexibility index (Phi) is 3.66. The van der Waals surface area contributed by atoms with E-state index in [1.54, 1.807) is 6.07 Å². The zero-order valence-corrected chi connectivity index (χ0v) is 9.93. The van der Waals surface area contributed by atoms with Gasteiger partial charge in [0.2, 0.25) is 0 Å². The summed E-state index contributed by atoms with van der Waals surface area (Å²) in [5.74, 6) is 0.195. The highest BCUT2D eigenvalue weighted by atomic mass is 35.5. The second-order valence-electron chi connectivity index (χ2n) is 4.18. The van der Waals surface area contributed by atoms with Gasteiger partial charge in [-0.3, -0.25) is 0 Å². The first kappa shape index (κ1) is 11.7. The number of ether oxygens (including phenoxy) is 1. The number of nitrogens with one attached hydrogen (secondary N) is 1. The summed E-state index contributed by atoms with van der Waals surface area (Å²) in [6, 6.07) is 4.59. The van der Waals surface area contributed by atoms with Crippen molar-refractivity contribution < 1.29 is 9.13 Å². The predicted molar refractivity (Wildman–Crippen MR) is 63.4 cm³/mol. The first-order valence-corrected chi connectivity index (χ1v) is 5.84. The van der Waals surface area contributed by atoms with E-state index < -0.39 is 0 Å². The number of halogens is 2. The highest BCUT2D eigenvalue weighted by Gasteiger charge is 2.22. The number of anilines is 1. The van der Waals surface area contributed by atoms with E-state index in [4.69, 9.17) is 16.3 Å². The molecule has 88 valence electrons. The van der Waals surface area contributed by atoms with E-state index in [9.17, 15) is 4.39 Å². The lowest BCUT2D eigenvalue weighted by Crippen LogP contribution is -2.26. The van der Waals surface area contributed by atoms with E-state index >= 15 is 0 Å². The smallest absolute Gasteiger partial charge is 0.125 e. The fourth-order valence-electron chi connectivity index (χ4n) is 1.92. The van der Waals surface area contributed by atoms with E-state index in [0.717, 1.165) is 19.6 Å². The zero-order valence-electron chi connectivity index (χ0n) is 9.17. The molecule has 1 aliphatic heterocycles. The van der Waals surface area contributed by atoms with E-state index in [1.165, 1.54) is 12.1 Å². The second kappa shape index (κ2) is 5.02. The third-order valence-corrected chi connectivity index (χ3v) is 3.31. The first-order valence-electron chi connectivity index (χ1n) is 5.46. The van der Waals surface area contributed by atoms with Crippen molar-refractivity contribution in [2.24, 2.45) is 5.92 Å². The maximum atomic E-state index is 13.1. The molecule has 1 heterocycles. The maximum Gasteiger partial charge on any atom is 0.125 e. The predicted octanol–water partition coefficient (Wildman–Crippen LogP) is 3.32. The van der Waals surface area contributed by atoms with Crippen LogP contribution >= 0.6 is 11.6 Å². The van der Waals surface area contributed by atoms with Gasteiger partial charge in [0.05, 0.1) is 17.3 Å². The summed E-state index contributed by atoms with van der Waals surface area (Å²) in [6.07, 6.45) is 1.04. The molecule has 4 heteroatoms. The van der Waals surface area contributed by atoms with Gasteiger partial charge in [0.1, 0.15) is 5.82 Å². The topological polar surface area (TPSA) is 21.3 Å². The summed E-state index contributed by atoms with van der Waals surface area (Å²) in [6.45, 7) is 3.65. The molecule has 0 spiro atoms. The average molecular weight is 244 g/mol. The van der Waals surface area contributed by atoms with Gasteiger partial charge in [0, 0.05) is 18.6 Å². The van der Waals surface area contributed by atoms with Crippen LogP contribution in [0.15, 0.2) is 18.2 Å². The van der Waals surface area contributed by atoms with Gasteiger partial charge in [-0.15, -0.1) is 0 Å². The van der Waals surface area contributed by atoms with Crippen LogP contribution in [0.25, 0.3) is 0 Å². The van der Waals surface area contributed by atoms with E-state index in [2.05, 4.69) is 12.2 Å². The normalized spacial score (nSPS) is 22.1. The Hall–Kier alpha value is -0.800. The summed E-state index contributed by atoms with van der Waals surface area (Å²) in [4.78, 5) is 0. The van der Waals surface area contributed by atoms with Crippen molar-refractivity contribution in [2.75, 3.05) is 18.5 Å². The van der Waals surface area contributed by atoms with Gasteiger partial charge in [-0.05, 0) is 31.5 Å². The number of hydrogen-bond donors (Lipinski definition) is 1. The molecule has 0 bridgehead atoms. The lowest BCUT2D eigenvalue weighted by molar-refractivity contribution is 0.183. The molecule has 1 aliphatic rings. The molecule has 0 saturated carbocycles. The Labute approximate surface area is 99.7 Å². The molecule has 0 radical (unpaired) electrons. The highest BCUT2D eigenvalue weighted by molar-refractivity contribution is 6.33. The third kappa shape index (κ3) is 2.66. The van der Waals surface area contributed by atoms with E-state index in [0.29, 0.717) is 16.6 Å². The van der Waals surface area contributed by atoms with Crippen LogP contribution in [0, 0.1) is 11.7 Å². The van der Waals surface area contributed by atoms with Crippen LogP contribution in [0.1, 0.15) is 13.3 Å². The Bertz CT molecular complexity index is 366. The summed E-state index contributed by atoms with van der Waals surface area (Å²) < 4.78 is 18.4. The fraction of sp³-hybridized carbons (Fsp3) is 0.500. The lowest BCUT2D eigenvalue weighted by Gasteiger charge is -2.21. The molecule has 0 aromatic heterocycles. The summed E-state index contributed by atoms with van der Waals surface area (Å²) in [5, 5.41) is 3.79. The van der Waals surface area contributed by atoms with Gasteiger partial charge in [-0.2, -0.15) is 0 Å². The van der Waals surface area contributed by atoms with Crippen molar-refractivity contribution >= 4 is 17.3 Å². The van der Waals surface area contributed by atoms with E-state index in [1.807, 2.05) is 0 Å². The molecule has 1 aromatic rings. The highest BCUT2D eigenvalue weighted by Crippen LogP contribution is 2.26. The molecule has 2 rings (SSSR count). The molecule has 1 aromatic carbocycles. The van der Waals surface area contributed by atoms with Crippen LogP contribution in [-0.2, 0) is 4.74 Å². The van der Waals surface area contributed by atoms with Gasteiger partial charge < -0.3 is 10.1 Å². The van der Waals surface area contributed by atoms with Crippen molar-refractivity contribution in [3.05, 3.63) is 29.0 Å². The van der Waals surface area contributed by atoms with Crippen LogP contribution in [0.4, 0.5) is 10.1 Å². The Morgan fingerprint density at radius 2 is 2.38 bits per heavy atom. The Morgan fingerprint density at radius 3 is 3.06 bits per heavy atom. The lowest BCUT2D eigenvalue weighted by atomic mass is 10.0. The SMILES string of the molecule is CC(Nc1cc(F)ccc1Cl)C1CCOC1. The van der Waals surface area contributed by atoms with Crippen LogP contribution in [0.3, 0.4) is 0 Å². The summed E-state index contributed by atoms with van der Waals surface area (Å²) in [7, 11) is 0. The molecule has 1 N–H and O–H groups in total. The largest absolute Gasteiger partial charge is 0.381 e. The Morgan fingerprint density at radius 1 is 1.56 bits per heavy atom. The molecule has 1 saturated heterocycles. The van der Waals surface area contributed by atoms with Gasteiger partial charge in [-0.25, -0.2) is 4.39 Å². The monoisotopic (exact) mass is 243 g/mol. The molecule has 0 aliphatic carbocycles. The molecule has 0 amide bonds. The molecule has 2 atom stereocenters. The number of benzene rings is 1. The minimum absolute atomic E-state index is 0.238. The van der Waals surface area contributed by atoms with Gasteiger partial charge >= 0.3 is 0 Å². The minimum atomic E-state index is -0.276. The van der Waals surface area contributed by atoms with Crippen LogP contribution in [0.5, 0.6) is 0 Å². The molecular formula is C12H15ClFNO. The molecule has 1 fully saturated rings. The van der Waals surface area contributed by atoms with Crippen molar-refractivity contribution in [1.82, 2.24) is 0 Å². The first-order chi connectivity index (χ1) is 7.66. The summed E-state index contributed by atoms with van der Waals surface area (Å²) in [5.41, 5.74) is 0.654. The average Bonchev–Trinajstić information content (AvgIpc) is 2.76. The van der Waals surface area contributed by atoms with Gasteiger partial charge in [0.25, 0.3) is 0 Å². The van der Waals surface area contributed by atoms with Crippen molar-refractivity contribution in [3.8, 4) is 0 Å². The van der Waals surface area contributed by atoms with Crippen LogP contribution in [0.2, 0.25) is 5.02 Å². The third-order valence-electron chi connectivity index (χ3n) is 2.98. The van der Waals surface area contributed by atoms with Crippen LogP contribution in [-0.4, -0.2) is 19.3 Å². The second-order valence-corrected chi connectivity index (χ2v) is 4.59. The number of hydrogen-bond acceptors (Lipinski definition) is 2.